The van der Waals surface area contributed by atoms with Crippen LogP contribution in [0.2, 0.25) is 0 Å². The van der Waals surface area contributed by atoms with Gasteiger partial charge >= 0.3 is 12.0 Å². The Morgan fingerprint density at radius 1 is 1.44 bits per heavy atom. The van der Waals surface area contributed by atoms with E-state index in [1.54, 1.807) is 0 Å². The molecular formula is C11H19N3O4. The lowest BCUT2D eigenvalue weighted by molar-refractivity contribution is -0.143. The number of nitrogens with zero attached hydrogens (tertiary/aromatic N) is 2. The fourth-order valence-corrected chi connectivity index (χ4v) is 1.96. The van der Waals surface area contributed by atoms with Crippen molar-refractivity contribution in [3.05, 3.63) is 0 Å². The quantitative estimate of drug-likeness (QED) is 0.718. The largest absolute Gasteiger partial charge is 0.481 e. The number of carboxylic acid groups (broad SMARTS) is 1. The maximum atomic E-state index is 12.0. The highest BCUT2D eigenvalue weighted by molar-refractivity contribution is 5.84. The third-order valence-corrected chi connectivity index (χ3v) is 3.03. The van der Waals surface area contributed by atoms with Crippen LogP contribution in [-0.4, -0.2) is 66.5 Å². The molecule has 0 unspecified atom stereocenters. The summed E-state index contributed by atoms with van der Waals surface area (Å²) in [6.45, 7) is 0.733. The van der Waals surface area contributed by atoms with Gasteiger partial charge in [0.15, 0.2) is 0 Å². The topological polar surface area (TPSA) is 90.0 Å². The predicted molar refractivity (Wildman–Crippen MR) is 64.0 cm³/mol. The Labute approximate surface area is 106 Å². The van der Waals surface area contributed by atoms with E-state index in [2.05, 4.69) is 5.32 Å². The molecule has 0 bridgehead atoms. The van der Waals surface area contributed by atoms with Crippen LogP contribution < -0.4 is 5.32 Å². The van der Waals surface area contributed by atoms with Crippen molar-refractivity contribution in [1.29, 1.82) is 0 Å². The van der Waals surface area contributed by atoms with E-state index in [0.29, 0.717) is 19.4 Å². The Hall–Kier alpha value is -1.79. The van der Waals surface area contributed by atoms with Gasteiger partial charge in [0.25, 0.3) is 0 Å². The van der Waals surface area contributed by atoms with Crippen LogP contribution >= 0.6 is 0 Å². The molecule has 0 saturated carbocycles. The summed E-state index contributed by atoms with van der Waals surface area (Å²) in [4.78, 5) is 36.8. The van der Waals surface area contributed by atoms with E-state index in [1.807, 2.05) is 0 Å². The summed E-state index contributed by atoms with van der Waals surface area (Å²) >= 11 is 0. The van der Waals surface area contributed by atoms with Gasteiger partial charge in [0.1, 0.15) is 6.54 Å². The van der Waals surface area contributed by atoms with Crippen molar-refractivity contribution in [3.8, 4) is 0 Å². The van der Waals surface area contributed by atoms with Crippen molar-refractivity contribution >= 4 is 17.9 Å². The number of rotatable bonds is 3. The molecule has 7 nitrogen and oxygen atoms in total. The van der Waals surface area contributed by atoms with E-state index in [1.165, 1.54) is 23.9 Å². The molecule has 1 heterocycles. The van der Waals surface area contributed by atoms with Crippen molar-refractivity contribution in [2.45, 2.75) is 12.8 Å². The molecule has 0 aromatic rings. The average molecular weight is 257 g/mol. The fraction of sp³-hybridized carbons (Fsp3) is 0.727. The third-order valence-electron chi connectivity index (χ3n) is 3.03. The summed E-state index contributed by atoms with van der Waals surface area (Å²) in [5, 5.41) is 11.4. The normalized spacial score (nSPS) is 19.2. The maximum absolute atomic E-state index is 12.0. The van der Waals surface area contributed by atoms with Crippen LogP contribution in [0.3, 0.4) is 0 Å². The lowest BCUT2D eigenvalue weighted by Crippen LogP contribution is -2.49. The van der Waals surface area contributed by atoms with Crippen LogP contribution in [-0.2, 0) is 9.59 Å². The lowest BCUT2D eigenvalue weighted by atomic mass is 9.99. The smallest absolute Gasteiger partial charge is 0.320 e. The highest BCUT2D eigenvalue weighted by atomic mass is 16.4. The Balaban J connectivity index is 2.55. The van der Waals surface area contributed by atoms with E-state index in [0.717, 1.165) is 0 Å². The molecule has 7 heteroatoms. The molecule has 0 radical (unpaired) electrons. The standard InChI is InChI=1S/C11H19N3O4/c1-12-9(15)7-13(2)11(18)14-5-3-4-8(6-14)10(16)17/h8H,3-7H2,1-2H3,(H,12,15)(H,16,17)/t8-/m0/s1. The van der Waals surface area contributed by atoms with Gasteiger partial charge in [0.2, 0.25) is 5.91 Å². The zero-order valence-electron chi connectivity index (χ0n) is 10.7. The minimum absolute atomic E-state index is 0.0242. The third kappa shape index (κ3) is 3.61. The summed E-state index contributed by atoms with van der Waals surface area (Å²) in [6, 6.07) is -0.301. The molecule has 1 aliphatic heterocycles. The van der Waals surface area contributed by atoms with E-state index in [4.69, 9.17) is 5.11 Å². The molecular weight excluding hydrogens is 238 g/mol. The van der Waals surface area contributed by atoms with E-state index >= 15 is 0 Å². The van der Waals surface area contributed by atoms with Gasteiger partial charge in [0.05, 0.1) is 5.92 Å². The highest BCUT2D eigenvalue weighted by Gasteiger charge is 2.29. The van der Waals surface area contributed by atoms with Crippen molar-refractivity contribution < 1.29 is 19.5 Å². The first-order valence-electron chi connectivity index (χ1n) is 5.89. The second-order valence-corrected chi connectivity index (χ2v) is 4.44. The van der Waals surface area contributed by atoms with E-state index < -0.39 is 11.9 Å². The summed E-state index contributed by atoms with van der Waals surface area (Å²) in [5.41, 5.74) is 0. The molecule has 0 aliphatic carbocycles. The van der Waals surface area contributed by atoms with E-state index in [-0.39, 0.29) is 25.0 Å². The second kappa shape index (κ2) is 6.23. The number of hydrogen-bond acceptors (Lipinski definition) is 3. The SMILES string of the molecule is CNC(=O)CN(C)C(=O)N1CCC[C@H](C(=O)O)C1. The van der Waals surface area contributed by atoms with Crippen molar-refractivity contribution in [2.75, 3.05) is 33.7 Å². The van der Waals surface area contributed by atoms with Crippen LogP contribution in [0, 0.1) is 5.92 Å². The number of carboxylic acids is 1. The van der Waals surface area contributed by atoms with Crippen molar-refractivity contribution in [3.63, 3.8) is 0 Å². The molecule has 1 atom stereocenters. The van der Waals surface area contributed by atoms with Gasteiger partial charge in [-0.1, -0.05) is 0 Å². The molecule has 1 rings (SSSR count). The molecule has 3 amide bonds. The number of nitrogens with one attached hydrogen (secondary N) is 1. The Kier molecular flexibility index (Phi) is 4.94. The van der Waals surface area contributed by atoms with Crippen LogP contribution in [0.4, 0.5) is 4.79 Å². The maximum Gasteiger partial charge on any atom is 0.320 e. The summed E-state index contributed by atoms with van der Waals surface area (Å²) < 4.78 is 0. The average Bonchev–Trinajstić information content (AvgIpc) is 2.37. The number of hydrogen-bond donors (Lipinski definition) is 2. The minimum atomic E-state index is -0.874. The Bertz CT molecular complexity index is 345. The number of carbonyl (C=O) groups is 3. The van der Waals surface area contributed by atoms with Crippen LogP contribution in [0.1, 0.15) is 12.8 Å². The molecule has 18 heavy (non-hydrogen) atoms. The molecule has 2 N–H and O–H groups in total. The number of carbonyl (C=O) groups excluding carboxylic acids is 2. The molecule has 0 spiro atoms. The monoisotopic (exact) mass is 257 g/mol. The Morgan fingerprint density at radius 3 is 2.67 bits per heavy atom. The number of likely N-dealkylation sites (N-methyl/N-ethyl adjacent to an activating group) is 2. The first-order valence-corrected chi connectivity index (χ1v) is 5.89. The highest BCUT2D eigenvalue weighted by Crippen LogP contribution is 2.17. The van der Waals surface area contributed by atoms with Gasteiger partial charge in [-0.2, -0.15) is 0 Å². The number of piperidine rings is 1. The summed E-state index contributed by atoms with van der Waals surface area (Å²) in [6.07, 6.45) is 1.27. The first-order chi connectivity index (χ1) is 8.45. The number of urea groups is 1. The summed E-state index contributed by atoms with van der Waals surface area (Å²) in [7, 11) is 3.03. The van der Waals surface area contributed by atoms with Gasteiger partial charge in [-0.3, -0.25) is 9.59 Å². The molecule has 102 valence electrons. The molecule has 1 aliphatic rings. The van der Waals surface area contributed by atoms with Crippen LogP contribution in [0.5, 0.6) is 0 Å². The van der Waals surface area contributed by atoms with Gasteiger partial charge < -0.3 is 20.2 Å². The van der Waals surface area contributed by atoms with Gasteiger partial charge in [-0.05, 0) is 12.8 Å². The molecule has 0 aromatic carbocycles. The zero-order chi connectivity index (χ0) is 13.7. The van der Waals surface area contributed by atoms with Gasteiger partial charge in [0, 0.05) is 27.2 Å². The lowest BCUT2D eigenvalue weighted by Gasteiger charge is -2.33. The minimum Gasteiger partial charge on any atom is -0.481 e. The number of amides is 3. The number of aliphatic carboxylic acids is 1. The summed E-state index contributed by atoms with van der Waals surface area (Å²) in [5.74, 6) is -1.63. The van der Waals surface area contributed by atoms with E-state index in [9.17, 15) is 14.4 Å². The molecule has 1 fully saturated rings. The van der Waals surface area contributed by atoms with Crippen molar-refractivity contribution in [2.24, 2.45) is 5.92 Å². The zero-order valence-corrected chi connectivity index (χ0v) is 10.7. The number of likely N-dealkylation sites (tertiary alicyclic amines) is 1. The van der Waals surface area contributed by atoms with Gasteiger partial charge in [-0.25, -0.2) is 4.79 Å². The van der Waals surface area contributed by atoms with Crippen LogP contribution in [0.25, 0.3) is 0 Å². The van der Waals surface area contributed by atoms with Crippen molar-refractivity contribution in [1.82, 2.24) is 15.1 Å². The predicted octanol–water partition coefficient (Wildman–Crippen LogP) is -0.419. The molecule has 0 aromatic heterocycles. The first kappa shape index (κ1) is 14.3. The van der Waals surface area contributed by atoms with Gasteiger partial charge in [-0.15, -0.1) is 0 Å². The Morgan fingerprint density at radius 2 is 2.11 bits per heavy atom. The second-order valence-electron chi connectivity index (χ2n) is 4.44. The van der Waals surface area contributed by atoms with Crippen LogP contribution in [0.15, 0.2) is 0 Å². The molecule has 1 saturated heterocycles. The fourth-order valence-electron chi connectivity index (χ4n) is 1.96.